The lowest BCUT2D eigenvalue weighted by Gasteiger charge is -2.19. The lowest BCUT2D eigenvalue weighted by molar-refractivity contribution is -0.384. The van der Waals surface area contributed by atoms with Crippen molar-refractivity contribution in [3.05, 3.63) is 82.9 Å². The van der Waals surface area contributed by atoms with Gasteiger partial charge in [0.05, 0.1) is 16.1 Å². The first-order valence-corrected chi connectivity index (χ1v) is 9.24. The maximum atomic E-state index is 11.3. The van der Waals surface area contributed by atoms with Crippen molar-refractivity contribution in [2.75, 3.05) is 13.2 Å². The van der Waals surface area contributed by atoms with E-state index in [4.69, 9.17) is 14.5 Å². The van der Waals surface area contributed by atoms with Gasteiger partial charge in [0, 0.05) is 23.1 Å². The van der Waals surface area contributed by atoms with Crippen LogP contribution >= 0.6 is 12.4 Å². The molecule has 0 bridgehead atoms. The van der Waals surface area contributed by atoms with Crippen molar-refractivity contribution < 1.29 is 14.4 Å². The van der Waals surface area contributed by atoms with E-state index in [1.165, 1.54) is 6.07 Å². The molecular formula is C23H17ClN2O4. The number of benzene rings is 3. The number of rotatable bonds is 3. The van der Waals surface area contributed by atoms with Crippen LogP contribution in [-0.4, -0.2) is 23.1 Å². The topological polar surface area (TPSA) is 74.5 Å². The molecule has 0 saturated heterocycles. The van der Waals surface area contributed by atoms with Crippen LogP contribution in [0.5, 0.6) is 11.5 Å². The molecule has 0 atom stereocenters. The molecule has 150 valence electrons. The summed E-state index contributed by atoms with van der Waals surface area (Å²) in [6, 6.07) is 22.3. The second-order valence-electron chi connectivity index (χ2n) is 6.74. The van der Waals surface area contributed by atoms with E-state index >= 15 is 0 Å². The Labute approximate surface area is 178 Å². The van der Waals surface area contributed by atoms with Gasteiger partial charge >= 0.3 is 0 Å². The van der Waals surface area contributed by atoms with Gasteiger partial charge in [-0.15, -0.1) is 12.4 Å². The van der Waals surface area contributed by atoms with Crippen LogP contribution in [0.3, 0.4) is 0 Å². The summed E-state index contributed by atoms with van der Waals surface area (Å²) >= 11 is 0. The van der Waals surface area contributed by atoms with Crippen LogP contribution in [0.1, 0.15) is 0 Å². The molecule has 0 fully saturated rings. The maximum absolute atomic E-state index is 11.3. The normalized spacial score (nSPS) is 12.3. The largest absolute Gasteiger partial charge is 0.486 e. The van der Waals surface area contributed by atoms with Crippen molar-refractivity contribution in [3.63, 3.8) is 0 Å². The summed E-state index contributed by atoms with van der Waals surface area (Å²) < 4.78 is 11.3. The molecule has 0 spiro atoms. The summed E-state index contributed by atoms with van der Waals surface area (Å²) in [4.78, 5) is 15.7. The zero-order valence-electron chi connectivity index (χ0n) is 15.8. The number of pyridine rings is 1. The molecule has 4 aromatic rings. The first-order valence-electron chi connectivity index (χ1n) is 9.24. The summed E-state index contributed by atoms with van der Waals surface area (Å²) in [7, 11) is 0. The Balaban J connectivity index is 0.00000218. The van der Waals surface area contributed by atoms with Gasteiger partial charge in [-0.3, -0.25) is 10.1 Å². The SMILES string of the molecule is Cl.O=[N+]([O-])c1ccc2nc(-c3ccc4c(c3)OCCO4)cc(-c3ccccc3)c2c1. The Kier molecular flexibility index (Phi) is 5.25. The number of halogens is 1. The molecule has 1 aromatic heterocycles. The minimum atomic E-state index is -0.386. The highest BCUT2D eigenvalue weighted by Gasteiger charge is 2.16. The van der Waals surface area contributed by atoms with Crippen LogP contribution in [0.25, 0.3) is 33.3 Å². The lowest BCUT2D eigenvalue weighted by Crippen LogP contribution is -2.15. The smallest absolute Gasteiger partial charge is 0.270 e. The number of hydrogen-bond acceptors (Lipinski definition) is 5. The van der Waals surface area contributed by atoms with Gasteiger partial charge in [-0.1, -0.05) is 30.3 Å². The van der Waals surface area contributed by atoms with E-state index in [9.17, 15) is 10.1 Å². The van der Waals surface area contributed by atoms with Gasteiger partial charge < -0.3 is 9.47 Å². The highest BCUT2D eigenvalue weighted by atomic mass is 35.5. The average Bonchev–Trinajstić information content (AvgIpc) is 2.78. The maximum Gasteiger partial charge on any atom is 0.270 e. The van der Waals surface area contributed by atoms with Gasteiger partial charge in [-0.2, -0.15) is 0 Å². The highest BCUT2D eigenvalue weighted by molar-refractivity contribution is 5.98. The third kappa shape index (κ3) is 3.53. The Morgan fingerprint density at radius 2 is 1.60 bits per heavy atom. The van der Waals surface area contributed by atoms with Crippen molar-refractivity contribution in [1.29, 1.82) is 0 Å². The number of non-ortho nitro benzene ring substituents is 1. The average molecular weight is 421 g/mol. The summed E-state index contributed by atoms with van der Waals surface area (Å²) in [5, 5.41) is 12.0. The second-order valence-corrected chi connectivity index (χ2v) is 6.74. The fourth-order valence-electron chi connectivity index (χ4n) is 3.53. The predicted octanol–water partition coefficient (Wildman–Crippen LogP) is 5.67. The number of hydrogen-bond donors (Lipinski definition) is 0. The molecule has 0 aliphatic carbocycles. The molecule has 2 heterocycles. The first kappa shape index (κ1) is 19.7. The lowest BCUT2D eigenvalue weighted by atomic mass is 9.98. The minimum Gasteiger partial charge on any atom is -0.486 e. The van der Waals surface area contributed by atoms with E-state index in [1.54, 1.807) is 12.1 Å². The molecule has 0 amide bonds. The summed E-state index contributed by atoms with van der Waals surface area (Å²) in [5.74, 6) is 1.42. The number of nitro groups is 1. The molecule has 6 nitrogen and oxygen atoms in total. The van der Waals surface area contributed by atoms with Gasteiger partial charge in [0.25, 0.3) is 5.69 Å². The van der Waals surface area contributed by atoms with Crippen LogP contribution in [0.4, 0.5) is 5.69 Å². The van der Waals surface area contributed by atoms with Gasteiger partial charge in [0.1, 0.15) is 13.2 Å². The Bertz CT molecular complexity index is 1240. The molecule has 7 heteroatoms. The standard InChI is InChI=1S/C23H16N2O4.ClH/c26-25(27)17-7-8-20-19(13-17)18(15-4-2-1-3-5-15)14-21(24-20)16-6-9-22-23(12-16)29-11-10-28-22;/h1-9,12-14H,10-11H2;1H. The van der Waals surface area contributed by atoms with Crippen molar-refractivity contribution >= 4 is 29.0 Å². The molecule has 0 radical (unpaired) electrons. The molecule has 0 unspecified atom stereocenters. The van der Waals surface area contributed by atoms with Gasteiger partial charge in [0.15, 0.2) is 11.5 Å². The van der Waals surface area contributed by atoms with E-state index in [1.807, 2.05) is 54.6 Å². The summed E-state index contributed by atoms with van der Waals surface area (Å²) in [6.07, 6.45) is 0. The fraction of sp³-hybridized carbons (Fsp3) is 0.0870. The highest BCUT2D eigenvalue weighted by Crippen LogP contribution is 2.37. The van der Waals surface area contributed by atoms with Crippen molar-refractivity contribution in [1.82, 2.24) is 4.98 Å². The molecule has 1 aliphatic rings. The molecule has 1 aliphatic heterocycles. The summed E-state index contributed by atoms with van der Waals surface area (Å²) in [5.41, 5.74) is 4.27. The van der Waals surface area contributed by atoms with Crippen LogP contribution in [0, 0.1) is 10.1 Å². The van der Waals surface area contributed by atoms with Crippen molar-refractivity contribution in [3.8, 4) is 33.9 Å². The molecule has 30 heavy (non-hydrogen) atoms. The Morgan fingerprint density at radius 3 is 2.37 bits per heavy atom. The van der Waals surface area contributed by atoms with Crippen LogP contribution < -0.4 is 9.47 Å². The molecule has 5 rings (SSSR count). The predicted molar refractivity (Wildman–Crippen MR) is 118 cm³/mol. The summed E-state index contributed by atoms with van der Waals surface area (Å²) in [6.45, 7) is 1.05. The zero-order chi connectivity index (χ0) is 19.8. The Hall–Kier alpha value is -3.64. The fourth-order valence-corrected chi connectivity index (χ4v) is 3.53. The van der Waals surface area contributed by atoms with Crippen LogP contribution in [0.15, 0.2) is 72.8 Å². The second kappa shape index (κ2) is 8.00. The number of nitrogens with zero attached hydrogens (tertiary/aromatic N) is 2. The first-order chi connectivity index (χ1) is 14.2. The number of ether oxygens (including phenoxy) is 2. The van der Waals surface area contributed by atoms with Gasteiger partial charge in [-0.05, 0) is 41.5 Å². The van der Waals surface area contributed by atoms with Gasteiger partial charge in [-0.25, -0.2) is 4.98 Å². The number of fused-ring (bicyclic) bond motifs is 2. The van der Waals surface area contributed by atoms with E-state index in [0.29, 0.717) is 24.5 Å². The number of aromatic nitrogens is 1. The van der Waals surface area contributed by atoms with Gasteiger partial charge in [0.2, 0.25) is 0 Å². The quantitative estimate of drug-likeness (QED) is 0.315. The molecule has 3 aromatic carbocycles. The van der Waals surface area contributed by atoms with Crippen molar-refractivity contribution in [2.45, 2.75) is 0 Å². The number of nitro benzene ring substituents is 1. The van der Waals surface area contributed by atoms with E-state index in [0.717, 1.165) is 33.5 Å². The molecule has 0 saturated carbocycles. The van der Waals surface area contributed by atoms with Crippen LogP contribution in [0.2, 0.25) is 0 Å². The Morgan fingerprint density at radius 1 is 0.833 bits per heavy atom. The van der Waals surface area contributed by atoms with E-state index in [2.05, 4.69) is 0 Å². The third-order valence-corrected chi connectivity index (χ3v) is 4.93. The zero-order valence-corrected chi connectivity index (χ0v) is 16.6. The van der Waals surface area contributed by atoms with Crippen LogP contribution in [-0.2, 0) is 0 Å². The molecule has 0 N–H and O–H groups in total. The monoisotopic (exact) mass is 420 g/mol. The third-order valence-electron chi connectivity index (χ3n) is 4.93. The minimum absolute atomic E-state index is 0. The van der Waals surface area contributed by atoms with Crippen molar-refractivity contribution in [2.24, 2.45) is 0 Å². The van der Waals surface area contributed by atoms with E-state index < -0.39 is 0 Å². The van der Waals surface area contributed by atoms with E-state index in [-0.39, 0.29) is 23.0 Å². The molecular weight excluding hydrogens is 404 g/mol.